The Labute approximate surface area is 86.3 Å². The van der Waals surface area contributed by atoms with Crippen molar-refractivity contribution < 1.29 is 9.53 Å². The first-order chi connectivity index (χ1) is 6.84. The van der Waals surface area contributed by atoms with Crippen LogP contribution in [0.3, 0.4) is 0 Å². The molecule has 0 bridgehead atoms. The van der Waals surface area contributed by atoms with Crippen molar-refractivity contribution in [2.24, 2.45) is 0 Å². The van der Waals surface area contributed by atoms with Crippen LogP contribution in [-0.2, 0) is 9.53 Å². The molecule has 0 atom stereocenters. The molecule has 0 aromatic carbocycles. The third-order valence-electron chi connectivity index (χ3n) is 2.53. The van der Waals surface area contributed by atoms with E-state index in [4.69, 9.17) is 4.74 Å². The van der Waals surface area contributed by atoms with E-state index in [2.05, 4.69) is 13.0 Å². The number of esters is 1. The van der Waals surface area contributed by atoms with Crippen LogP contribution in [0.2, 0.25) is 0 Å². The lowest BCUT2D eigenvalue weighted by Crippen LogP contribution is -2.08. The summed E-state index contributed by atoms with van der Waals surface area (Å²) in [5, 5.41) is 0. The summed E-state index contributed by atoms with van der Waals surface area (Å²) in [6.07, 6.45) is 9.58. The van der Waals surface area contributed by atoms with Crippen molar-refractivity contribution in [3.63, 3.8) is 0 Å². The van der Waals surface area contributed by atoms with Crippen LogP contribution in [0.1, 0.15) is 51.9 Å². The highest BCUT2D eigenvalue weighted by molar-refractivity contribution is 5.88. The Bertz CT molecular complexity index is 206. The summed E-state index contributed by atoms with van der Waals surface area (Å²) in [5.41, 5.74) is 0.897. The molecule has 1 aliphatic heterocycles. The van der Waals surface area contributed by atoms with E-state index < -0.39 is 0 Å². The molecular weight excluding hydrogens is 176 g/mol. The highest BCUT2D eigenvalue weighted by Crippen LogP contribution is 2.14. The van der Waals surface area contributed by atoms with Crippen LogP contribution in [0.25, 0.3) is 0 Å². The number of carbonyl (C=O) groups is 1. The largest absolute Gasteiger partial charge is 0.462 e. The predicted octanol–water partition coefficient (Wildman–Crippen LogP) is 3.22. The van der Waals surface area contributed by atoms with Crippen LogP contribution >= 0.6 is 0 Å². The Morgan fingerprint density at radius 2 is 2.21 bits per heavy atom. The van der Waals surface area contributed by atoms with Gasteiger partial charge in [-0.25, -0.2) is 4.79 Å². The van der Waals surface area contributed by atoms with Gasteiger partial charge in [0.05, 0.1) is 6.61 Å². The van der Waals surface area contributed by atoms with Crippen LogP contribution < -0.4 is 0 Å². The second-order valence-corrected chi connectivity index (χ2v) is 3.82. The van der Waals surface area contributed by atoms with Gasteiger partial charge in [-0.05, 0) is 38.5 Å². The quantitative estimate of drug-likeness (QED) is 0.648. The lowest BCUT2D eigenvalue weighted by atomic mass is 10.1. The van der Waals surface area contributed by atoms with Crippen LogP contribution in [0.15, 0.2) is 11.6 Å². The Morgan fingerprint density at radius 3 is 3.00 bits per heavy atom. The van der Waals surface area contributed by atoms with E-state index >= 15 is 0 Å². The standard InChI is InChI=1S/C12H20O2/c1-2-3-8-11-9-6-4-5-7-10-14-12(11)13/h9H,2-8,10H2,1H3/b11-9-. The molecule has 80 valence electrons. The summed E-state index contributed by atoms with van der Waals surface area (Å²) in [4.78, 5) is 11.5. The van der Waals surface area contributed by atoms with Crippen LogP contribution in [-0.4, -0.2) is 12.6 Å². The van der Waals surface area contributed by atoms with Gasteiger partial charge in [0.1, 0.15) is 0 Å². The maximum Gasteiger partial charge on any atom is 0.333 e. The minimum atomic E-state index is -0.0830. The molecule has 0 radical (unpaired) electrons. The smallest absolute Gasteiger partial charge is 0.333 e. The molecule has 2 nitrogen and oxygen atoms in total. The summed E-state index contributed by atoms with van der Waals surface area (Å²) in [5.74, 6) is -0.0830. The number of ether oxygens (including phenoxy) is 1. The molecule has 0 amide bonds. The third-order valence-corrected chi connectivity index (χ3v) is 2.53. The number of unbranched alkanes of at least 4 members (excludes halogenated alkanes) is 1. The predicted molar refractivity (Wildman–Crippen MR) is 57.0 cm³/mol. The fourth-order valence-corrected chi connectivity index (χ4v) is 1.61. The first-order valence-corrected chi connectivity index (χ1v) is 5.70. The minimum Gasteiger partial charge on any atom is -0.462 e. The molecule has 0 aromatic rings. The lowest BCUT2D eigenvalue weighted by molar-refractivity contribution is -0.139. The molecule has 0 N–H and O–H groups in total. The van der Waals surface area contributed by atoms with E-state index in [1.165, 1.54) is 12.8 Å². The summed E-state index contributed by atoms with van der Waals surface area (Å²) >= 11 is 0. The fraction of sp³-hybridized carbons (Fsp3) is 0.750. The Kier molecular flexibility index (Phi) is 5.35. The maximum atomic E-state index is 11.5. The van der Waals surface area contributed by atoms with Gasteiger partial charge in [0, 0.05) is 5.57 Å². The second-order valence-electron chi connectivity index (χ2n) is 3.82. The first kappa shape index (κ1) is 11.3. The molecule has 0 aromatic heterocycles. The zero-order valence-electron chi connectivity index (χ0n) is 9.05. The molecule has 0 spiro atoms. The van der Waals surface area contributed by atoms with E-state index in [1.807, 2.05) is 0 Å². The van der Waals surface area contributed by atoms with Crippen molar-refractivity contribution in [3.05, 3.63) is 11.6 Å². The number of carbonyl (C=O) groups excluding carboxylic acids is 1. The topological polar surface area (TPSA) is 26.3 Å². The molecule has 1 aliphatic rings. The molecule has 14 heavy (non-hydrogen) atoms. The van der Waals surface area contributed by atoms with Gasteiger partial charge < -0.3 is 4.74 Å². The highest BCUT2D eigenvalue weighted by atomic mass is 16.5. The van der Waals surface area contributed by atoms with Crippen LogP contribution in [0, 0.1) is 0 Å². The fourth-order valence-electron chi connectivity index (χ4n) is 1.61. The molecule has 0 aliphatic carbocycles. The summed E-state index contributed by atoms with van der Waals surface area (Å²) < 4.78 is 5.17. The maximum absolute atomic E-state index is 11.5. The molecule has 0 unspecified atom stereocenters. The van der Waals surface area contributed by atoms with Crippen molar-refractivity contribution in [1.29, 1.82) is 0 Å². The molecule has 1 heterocycles. The van der Waals surface area contributed by atoms with Crippen molar-refractivity contribution in [1.82, 2.24) is 0 Å². The van der Waals surface area contributed by atoms with E-state index in [0.29, 0.717) is 6.61 Å². The molecule has 2 heteroatoms. The number of hydrogen-bond donors (Lipinski definition) is 0. The number of allylic oxidation sites excluding steroid dienone is 1. The average Bonchev–Trinajstić information content (AvgIpc) is 2.28. The van der Waals surface area contributed by atoms with Gasteiger partial charge in [-0.3, -0.25) is 0 Å². The monoisotopic (exact) mass is 196 g/mol. The number of rotatable bonds is 3. The number of cyclic esters (lactones) is 1. The van der Waals surface area contributed by atoms with Crippen molar-refractivity contribution in [2.45, 2.75) is 51.9 Å². The van der Waals surface area contributed by atoms with Gasteiger partial charge in [-0.2, -0.15) is 0 Å². The van der Waals surface area contributed by atoms with Gasteiger partial charge in [-0.15, -0.1) is 0 Å². The normalized spacial score (nSPS) is 22.6. The van der Waals surface area contributed by atoms with Gasteiger partial charge in [0.2, 0.25) is 0 Å². The van der Waals surface area contributed by atoms with E-state index in [0.717, 1.165) is 37.7 Å². The molecule has 0 fully saturated rings. The first-order valence-electron chi connectivity index (χ1n) is 5.70. The van der Waals surface area contributed by atoms with E-state index in [9.17, 15) is 4.79 Å². The summed E-state index contributed by atoms with van der Waals surface area (Å²) in [6.45, 7) is 2.74. The Morgan fingerprint density at radius 1 is 1.36 bits per heavy atom. The lowest BCUT2D eigenvalue weighted by Gasteiger charge is -2.05. The van der Waals surface area contributed by atoms with Crippen molar-refractivity contribution >= 4 is 5.97 Å². The highest BCUT2D eigenvalue weighted by Gasteiger charge is 2.11. The SMILES string of the molecule is CCCC/C1=C/CCCCCOC1=O. The number of hydrogen-bond acceptors (Lipinski definition) is 2. The van der Waals surface area contributed by atoms with E-state index in [1.54, 1.807) is 0 Å². The van der Waals surface area contributed by atoms with Gasteiger partial charge in [0.15, 0.2) is 0 Å². The van der Waals surface area contributed by atoms with Crippen molar-refractivity contribution in [2.75, 3.05) is 6.61 Å². The second kappa shape index (κ2) is 6.63. The van der Waals surface area contributed by atoms with Gasteiger partial charge >= 0.3 is 5.97 Å². The van der Waals surface area contributed by atoms with Crippen molar-refractivity contribution in [3.8, 4) is 0 Å². The van der Waals surface area contributed by atoms with Gasteiger partial charge in [-0.1, -0.05) is 19.4 Å². The molecule has 1 rings (SSSR count). The minimum absolute atomic E-state index is 0.0830. The molecular formula is C12H20O2. The summed E-state index contributed by atoms with van der Waals surface area (Å²) in [7, 11) is 0. The molecule has 0 saturated heterocycles. The van der Waals surface area contributed by atoms with Gasteiger partial charge in [0.25, 0.3) is 0 Å². The third kappa shape index (κ3) is 3.95. The van der Waals surface area contributed by atoms with Crippen LogP contribution in [0.5, 0.6) is 0 Å². The Hall–Kier alpha value is -0.790. The van der Waals surface area contributed by atoms with E-state index in [-0.39, 0.29) is 5.97 Å². The zero-order chi connectivity index (χ0) is 10.2. The van der Waals surface area contributed by atoms with Crippen LogP contribution in [0.4, 0.5) is 0 Å². The average molecular weight is 196 g/mol. The Balaban J connectivity index is 2.50. The summed E-state index contributed by atoms with van der Waals surface area (Å²) in [6, 6.07) is 0. The zero-order valence-corrected chi connectivity index (χ0v) is 9.05. The molecule has 0 saturated carbocycles.